The van der Waals surface area contributed by atoms with Crippen LogP contribution in [0.2, 0.25) is 0 Å². The quantitative estimate of drug-likeness (QED) is 0.488. The SMILES string of the molecule is CCNC(=NCc1cccc(Cn2ccnc2C)c1)NCc1ccccc1C. The lowest BCUT2D eigenvalue weighted by Crippen LogP contribution is -2.36. The number of aryl methyl sites for hydroxylation is 2. The third-order valence-electron chi connectivity index (χ3n) is 4.74. The van der Waals surface area contributed by atoms with E-state index in [0.717, 1.165) is 31.4 Å². The second-order valence-electron chi connectivity index (χ2n) is 6.90. The molecule has 2 N–H and O–H groups in total. The molecule has 1 aromatic heterocycles. The van der Waals surface area contributed by atoms with Crippen molar-refractivity contribution < 1.29 is 0 Å². The highest BCUT2D eigenvalue weighted by Gasteiger charge is 2.03. The van der Waals surface area contributed by atoms with Crippen LogP contribution in [0.1, 0.15) is 35.0 Å². The van der Waals surface area contributed by atoms with Crippen molar-refractivity contribution in [2.45, 2.75) is 40.4 Å². The average molecular weight is 376 g/mol. The molecule has 0 amide bonds. The van der Waals surface area contributed by atoms with Crippen molar-refractivity contribution in [3.63, 3.8) is 0 Å². The molecule has 1 heterocycles. The highest BCUT2D eigenvalue weighted by Crippen LogP contribution is 2.10. The molecule has 3 rings (SSSR count). The number of nitrogens with one attached hydrogen (secondary N) is 2. The Balaban J connectivity index is 1.64. The summed E-state index contributed by atoms with van der Waals surface area (Å²) in [6.45, 7) is 9.30. The molecule has 0 aliphatic rings. The van der Waals surface area contributed by atoms with Crippen LogP contribution in [-0.4, -0.2) is 22.1 Å². The zero-order chi connectivity index (χ0) is 19.8. The first-order valence-electron chi connectivity index (χ1n) is 9.78. The Labute approximate surface area is 167 Å². The van der Waals surface area contributed by atoms with E-state index in [1.54, 1.807) is 0 Å². The molecule has 0 aliphatic heterocycles. The van der Waals surface area contributed by atoms with E-state index in [0.29, 0.717) is 6.54 Å². The Morgan fingerprint density at radius 3 is 2.61 bits per heavy atom. The van der Waals surface area contributed by atoms with Crippen molar-refractivity contribution in [3.8, 4) is 0 Å². The summed E-state index contributed by atoms with van der Waals surface area (Å²) < 4.78 is 2.15. The third kappa shape index (κ3) is 5.46. The van der Waals surface area contributed by atoms with Crippen LogP contribution in [0.25, 0.3) is 0 Å². The van der Waals surface area contributed by atoms with Gasteiger partial charge in [0, 0.05) is 32.0 Å². The van der Waals surface area contributed by atoms with Crippen molar-refractivity contribution in [1.29, 1.82) is 0 Å². The van der Waals surface area contributed by atoms with Gasteiger partial charge in [0.15, 0.2) is 5.96 Å². The Morgan fingerprint density at radius 2 is 1.86 bits per heavy atom. The smallest absolute Gasteiger partial charge is 0.191 e. The van der Waals surface area contributed by atoms with Crippen molar-refractivity contribution in [3.05, 3.63) is 89.0 Å². The van der Waals surface area contributed by atoms with Crippen LogP contribution >= 0.6 is 0 Å². The summed E-state index contributed by atoms with van der Waals surface area (Å²) in [6.07, 6.45) is 3.85. The van der Waals surface area contributed by atoms with Gasteiger partial charge in [0.1, 0.15) is 5.82 Å². The van der Waals surface area contributed by atoms with Gasteiger partial charge < -0.3 is 15.2 Å². The van der Waals surface area contributed by atoms with E-state index in [4.69, 9.17) is 4.99 Å². The van der Waals surface area contributed by atoms with E-state index in [2.05, 4.69) is 82.6 Å². The van der Waals surface area contributed by atoms with Crippen molar-refractivity contribution in [1.82, 2.24) is 20.2 Å². The molecule has 2 aromatic carbocycles. The van der Waals surface area contributed by atoms with E-state index in [-0.39, 0.29) is 0 Å². The summed E-state index contributed by atoms with van der Waals surface area (Å²) in [5.41, 5.74) is 5.02. The number of benzene rings is 2. The fraction of sp³-hybridized carbons (Fsp3) is 0.304. The summed E-state index contributed by atoms with van der Waals surface area (Å²) in [5.74, 6) is 1.86. The van der Waals surface area contributed by atoms with Crippen molar-refractivity contribution in [2.75, 3.05) is 6.54 Å². The van der Waals surface area contributed by atoms with Gasteiger partial charge >= 0.3 is 0 Å². The fourth-order valence-corrected chi connectivity index (χ4v) is 3.09. The van der Waals surface area contributed by atoms with Crippen LogP contribution < -0.4 is 10.6 Å². The topological polar surface area (TPSA) is 54.2 Å². The first kappa shape index (κ1) is 19.7. The number of hydrogen-bond acceptors (Lipinski definition) is 2. The Hall–Kier alpha value is -3.08. The number of aromatic nitrogens is 2. The van der Waals surface area contributed by atoms with Gasteiger partial charge in [-0.25, -0.2) is 9.98 Å². The van der Waals surface area contributed by atoms with Crippen LogP contribution in [0.4, 0.5) is 0 Å². The lowest BCUT2D eigenvalue weighted by Gasteiger charge is -2.13. The van der Waals surface area contributed by atoms with Gasteiger partial charge in [-0.1, -0.05) is 48.5 Å². The monoisotopic (exact) mass is 375 g/mol. The largest absolute Gasteiger partial charge is 0.357 e. The number of nitrogens with zero attached hydrogens (tertiary/aromatic N) is 3. The Morgan fingerprint density at radius 1 is 1.04 bits per heavy atom. The van der Waals surface area contributed by atoms with Crippen molar-refractivity contribution >= 4 is 5.96 Å². The van der Waals surface area contributed by atoms with Gasteiger partial charge in [-0.3, -0.25) is 0 Å². The molecule has 5 nitrogen and oxygen atoms in total. The van der Waals surface area contributed by atoms with E-state index >= 15 is 0 Å². The molecule has 0 saturated carbocycles. The molecule has 0 saturated heterocycles. The molecule has 0 fully saturated rings. The molecule has 0 spiro atoms. The number of aliphatic imine (C=N–C) groups is 1. The maximum atomic E-state index is 4.76. The van der Waals surface area contributed by atoms with E-state index in [1.807, 2.05) is 19.3 Å². The van der Waals surface area contributed by atoms with Gasteiger partial charge in [0.25, 0.3) is 0 Å². The van der Waals surface area contributed by atoms with Crippen LogP contribution in [0.15, 0.2) is 65.9 Å². The standard InChI is InChI=1S/C23H29N5/c1-4-24-23(27-16-22-11-6-5-8-18(22)2)26-15-20-9-7-10-21(14-20)17-28-13-12-25-19(28)3/h5-14H,4,15-17H2,1-3H3,(H2,24,26,27). The second-order valence-corrected chi connectivity index (χ2v) is 6.90. The first-order chi connectivity index (χ1) is 13.7. The number of guanidine groups is 1. The normalized spacial score (nSPS) is 11.5. The summed E-state index contributed by atoms with van der Waals surface area (Å²) in [7, 11) is 0. The molecule has 146 valence electrons. The highest BCUT2D eigenvalue weighted by molar-refractivity contribution is 5.79. The van der Waals surface area contributed by atoms with Crippen molar-refractivity contribution in [2.24, 2.45) is 4.99 Å². The van der Waals surface area contributed by atoms with Gasteiger partial charge in [0.05, 0.1) is 6.54 Å². The van der Waals surface area contributed by atoms with Crippen LogP contribution in [0.5, 0.6) is 0 Å². The molecule has 0 bridgehead atoms. The van der Waals surface area contributed by atoms with Gasteiger partial charge in [0.2, 0.25) is 0 Å². The highest BCUT2D eigenvalue weighted by atomic mass is 15.2. The van der Waals surface area contributed by atoms with Gasteiger partial charge in [-0.05, 0) is 43.0 Å². The molecule has 5 heteroatoms. The lowest BCUT2D eigenvalue weighted by atomic mass is 10.1. The van der Waals surface area contributed by atoms with Gasteiger partial charge in [-0.15, -0.1) is 0 Å². The third-order valence-corrected chi connectivity index (χ3v) is 4.74. The molecule has 28 heavy (non-hydrogen) atoms. The van der Waals surface area contributed by atoms with Crippen LogP contribution in [0, 0.1) is 13.8 Å². The lowest BCUT2D eigenvalue weighted by molar-refractivity contribution is 0.760. The number of imidazole rings is 1. The maximum absolute atomic E-state index is 4.76. The van der Waals surface area contributed by atoms with E-state index in [9.17, 15) is 0 Å². The minimum atomic E-state index is 0.639. The fourth-order valence-electron chi connectivity index (χ4n) is 3.09. The van der Waals surface area contributed by atoms with E-state index < -0.39 is 0 Å². The predicted molar refractivity (Wildman–Crippen MR) is 115 cm³/mol. The summed E-state index contributed by atoms with van der Waals surface area (Å²) in [4.78, 5) is 9.05. The maximum Gasteiger partial charge on any atom is 0.191 e. The average Bonchev–Trinajstić information content (AvgIpc) is 3.10. The molecule has 3 aromatic rings. The zero-order valence-electron chi connectivity index (χ0n) is 16.9. The Kier molecular flexibility index (Phi) is 6.84. The zero-order valence-corrected chi connectivity index (χ0v) is 16.9. The summed E-state index contributed by atoms with van der Waals surface area (Å²) >= 11 is 0. The van der Waals surface area contributed by atoms with Crippen LogP contribution in [0.3, 0.4) is 0 Å². The van der Waals surface area contributed by atoms with Gasteiger partial charge in [-0.2, -0.15) is 0 Å². The molecular formula is C23H29N5. The van der Waals surface area contributed by atoms with Crippen LogP contribution in [-0.2, 0) is 19.6 Å². The predicted octanol–water partition coefficient (Wildman–Crippen LogP) is 3.80. The Bertz CT molecular complexity index is 926. The molecule has 0 unspecified atom stereocenters. The number of hydrogen-bond donors (Lipinski definition) is 2. The first-order valence-corrected chi connectivity index (χ1v) is 9.78. The molecule has 0 aliphatic carbocycles. The second kappa shape index (κ2) is 9.74. The number of rotatable bonds is 7. The molecule has 0 radical (unpaired) electrons. The van der Waals surface area contributed by atoms with E-state index in [1.165, 1.54) is 22.3 Å². The summed E-state index contributed by atoms with van der Waals surface area (Å²) in [5, 5.41) is 6.76. The molecule has 0 atom stereocenters. The minimum Gasteiger partial charge on any atom is -0.357 e. The molecular weight excluding hydrogens is 346 g/mol. The minimum absolute atomic E-state index is 0.639. The summed E-state index contributed by atoms with van der Waals surface area (Å²) in [6, 6.07) is 17.0.